The van der Waals surface area contributed by atoms with Crippen LogP contribution in [0.15, 0.2) is 18.4 Å². The van der Waals surface area contributed by atoms with Crippen LogP contribution in [0.25, 0.3) is 6.08 Å². The molecule has 0 spiro atoms. The Balaban J connectivity index is 0.00000225. The quantitative estimate of drug-likeness (QED) is 0.517. The third kappa shape index (κ3) is 5.90. The van der Waals surface area contributed by atoms with E-state index in [0.717, 1.165) is 6.08 Å². The Kier molecular flexibility index (Phi) is 6.64. The molecule has 0 aliphatic carbocycles. The van der Waals surface area contributed by atoms with Gasteiger partial charge < -0.3 is 12.9 Å². The zero-order chi connectivity index (χ0) is 11.5. The monoisotopic (exact) mass is 254 g/mol. The van der Waals surface area contributed by atoms with Gasteiger partial charge >= 0.3 is 58.4 Å². The first kappa shape index (κ1) is 16.0. The van der Waals surface area contributed by atoms with E-state index in [2.05, 4.69) is 9.97 Å². The first-order valence-corrected chi connectivity index (χ1v) is 4.11. The fraction of sp³-hybridized carbons (Fsp3) is 0.125. The van der Waals surface area contributed by atoms with Crippen LogP contribution in [0.5, 0.6) is 0 Å². The summed E-state index contributed by atoms with van der Waals surface area (Å²) in [5.74, 6) is -0.193. The molecule has 0 atom stereocenters. The number of nitrogens with zero attached hydrogens (tertiary/aromatic N) is 2. The van der Waals surface area contributed by atoms with E-state index in [1.807, 2.05) is 0 Å². The van der Waals surface area contributed by atoms with Crippen molar-refractivity contribution >= 4 is 18.8 Å². The molecule has 1 aromatic rings. The summed E-state index contributed by atoms with van der Waals surface area (Å²) in [7, 11) is 0. The summed E-state index contributed by atoms with van der Waals surface area (Å²) in [6.45, 7) is -3.67. The van der Waals surface area contributed by atoms with Crippen molar-refractivity contribution < 1.29 is 69.1 Å². The van der Waals surface area contributed by atoms with Crippen LogP contribution in [0.2, 0.25) is 0 Å². The summed E-state index contributed by atoms with van der Waals surface area (Å²) in [6, 6.07) is 0. The predicted octanol–water partition coefficient (Wildman–Crippen LogP) is -0.917. The van der Waals surface area contributed by atoms with Gasteiger partial charge in [0.25, 0.3) is 0 Å². The van der Waals surface area contributed by atoms with E-state index in [4.69, 9.17) is 0 Å². The molecule has 1 rings (SSSR count). The molecule has 0 unspecified atom stereocenters. The van der Waals surface area contributed by atoms with E-state index in [0.29, 0.717) is 0 Å². The van der Waals surface area contributed by atoms with Gasteiger partial charge in [-0.1, -0.05) is 6.08 Å². The molecular formula is C8H7BF3KN2O. The fourth-order valence-corrected chi connectivity index (χ4v) is 0.826. The minimum absolute atomic E-state index is 0. The smallest absolute Gasteiger partial charge is 0.445 e. The Morgan fingerprint density at radius 3 is 2.19 bits per heavy atom. The van der Waals surface area contributed by atoms with Crippen LogP contribution in [-0.2, 0) is 0 Å². The second-order valence-corrected chi connectivity index (χ2v) is 2.88. The van der Waals surface area contributed by atoms with Crippen molar-refractivity contribution in [2.24, 2.45) is 0 Å². The van der Waals surface area contributed by atoms with Gasteiger partial charge in [-0.05, 0) is 0 Å². The SMILES string of the molecule is CC(=O)c1ncc(/C=C/[B-](F)(F)F)cn1.[K+]. The molecule has 0 aliphatic heterocycles. The second-order valence-electron chi connectivity index (χ2n) is 2.88. The number of aromatic nitrogens is 2. The number of hydrogen-bond donors (Lipinski definition) is 0. The molecule has 0 N–H and O–H groups in total. The van der Waals surface area contributed by atoms with Gasteiger partial charge in [0.05, 0.1) is 0 Å². The van der Waals surface area contributed by atoms with Gasteiger partial charge in [-0.3, -0.25) is 4.79 Å². The van der Waals surface area contributed by atoms with E-state index in [1.54, 1.807) is 0 Å². The van der Waals surface area contributed by atoms with Gasteiger partial charge in [0, 0.05) is 24.9 Å². The van der Waals surface area contributed by atoms with Gasteiger partial charge in [0.2, 0.25) is 0 Å². The third-order valence-corrected chi connectivity index (χ3v) is 1.49. The van der Waals surface area contributed by atoms with Crippen molar-refractivity contribution in [3.8, 4) is 0 Å². The van der Waals surface area contributed by atoms with Crippen LogP contribution >= 0.6 is 0 Å². The van der Waals surface area contributed by atoms with Crippen LogP contribution in [-0.4, -0.2) is 22.7 Å². The maximum absolute atomic E-state index is 11.8. The molecule has 0 saturated heterocycles. The summed E-state index contributed by atoms with van der Waals surface area (Å²) in [6.07, 6.45) is 3.20. The van der Waals surface area contributed by atoms with Crippen LogP contribution < -0.4 is 51.4 Å². The minimum atomic E-state index is -4.95. The Hall–Kier alpha value is -0.0187. The number of rotatable bonds is 3. The van der Waals surface area contributed by atoms with Gasteiger partial charge in [0.15, 0.2) is 11.6 Å². The fourth-order valence-electron chi connectivity index (χ4n) is 0.826. The molecule has 0 fully saturated rings. The third-order valence-electron chi connectivity index (χ3n) is 1.49. The first-order chi connectivity index (χ1) is 6.88. The summed E-state index contributed by atoms with van der Waals surface area (Å²) in [4.78, 5) is 18.0. The molecule has 0 aliphatic rings. The van der Waals surface area contributed by atoms with Gasteiger partial charge in [-0.25, -0.2) is 9.97 Å². The molecule has 16 heavy (non-hydrogen) atoms. The molecule has 0 bridgehead atoms. The van der Waals surface area contributed by atoms with Gasteiger partial charge in [-0.2, -0.15) is 0 Å². The number of carbonyl (C=O) groups excluding carboxylic acids is 1. The molecule has 0 amide bonds. The summed E-state index contributed by atoms with van der Waals surface area (Å²) in [5, 5.41) is 0. The maximum Gasteiger partial charge on any atom is 1.00 e. The molecule has 0 radical (unpaired) electrons. The van der Waals surface area contributed by atoms with Crippen molar-refractivity contribution in [3.63, 3.8) is 0 Å². The van der Waals surface area contributed by atoms with Crippen molar-refractivity contribution in [2.45, 2.75) is 6.92 Å². The normalized spacial score (nSPS) is 11.2. The van der Waals surface area contributed by atoms with Crippen LogP contribution in [0.3, 0.4) is 0 Å². The number of halogens is 3. The molecule has 1 aromatic heterocycles. The number of carbonyl (C=O) groups is 1. The van der Waals surface area contributed by atoms with E-state index in [-0.39, 0.29) is 74.5 Å². The van der Waals surface area contributed by atoms with Crippen LogP contribution in [0.4, 0.5) is 12.9 Å². The topological polar surface area (TPSA) is 42.9 Å². The molecule has 1 heterocycles. The van der Waals surface area contributed by atoms with Crippen LogP contribution in [0, 0.1) is 0 Å². The Morgan fingerprint density at radius 1 is 1.31 bits per heavy atom. The largest absolute Gasteiger partial charge is 1.00 e. The Bertz CT molecular complexity index is 391. The van der Waals surface area contributed by atoms with Crippen molar-refractivity contribution in [2.75, 3.05) is 0 Å². The van der Waals surface area contributed by atoms with Crippen molar-refractivity contribution in [3.05, 3.63) is 29.8 Å². The molecule has 0 aromatic carbocycles. The summed E-state index contributed by atoms with van der Waals surface area (Å²) >= 11 is 0. The minimum Gasteiger partial charge on any atom is -0.445 e. The molecule has 80 valence electrons. The molecular weight excluding hydrogens is 247 g/mol. The van der Waals surface area contributed by atoms with E-state index in [1.165, 1.54) is 19.3 Å². The standard InChI is InChI=1S/C8H7BF3N2O.K/c1-6(15)8-13-4-7(5-14-8)2-3-9(10,11)12;/h2-5H,1H3;/q-1;+1/b3-2+;. The average Bonchev–Trinajstić information content (AvgIpc) is 2.14. The molecule has 0 saturated carbocycles. The van der Waals surface area contributed by atoms with Crippen molar-refractivity contribution in [1.82, 2.24) is 9.97 Å². The zero-order valence-corrected chi connectivity index (χ0v) is 11.9. The molecule has 3 nitrogen and oxygen atoms in total. The van der Waals surface area contributed by atoms with E-state index >= 15 is 0 Å². The maximum atomic E-state index is 11.8. The summed E-state index contributed by atoms with van der Waals surface area (Å²) < 4.78 is 35.5. The second kappa shape index (κ2) is 6.65. The Labute approximate surface area is 133 Å². The Morgan fingerprint density at radius 2 is 1.81 bits per heavy atom. The zero-order valence-electron chi connectivity index (χ0n) is 8.82. The van der Waals surface area contributed by atoms with Crippen molar-refractivity contribution in [1.29, 1.82) is 0 Å². The van der Waals surface area contributed by atoms with Crippen LogP contribution in [0.1, 0.15) is 23.1 Å². The number of Topliss-reactive ketones (excluding diaryl/α,β-unsaturated/α-hetero) is 1. The predicted molar refractivity (Wildman–Crippen MR) is 50.1 cm³/mol. The van der Waals surface area contributed by atoms with E-state index < -0.39 is 6.98 Å². The first-order valence-electron chi connectivity index (χ1n) is 4.11. The summed E-state index contributed by atoms with van der Waals surface area (Å²) in [5.41, 5.74) is 0.208. The average molecular weight is 254 g/mol. The van der Waals surface area contributed by atoms with E-state index in [9.17, 15) is 17.7 Å². The number of hydrogen-bond acceptors (Lipinski definition) is 3. The molecule has 8 heteroatoms. The number of ketones is 1. The van der Waals surface area contributed by atoms with Gasteiger partial charge in [-0.15, -0.1) is 5.98 Å². The van der Waals surface area contributed by atoms with Gasteiger partial charge in [0.1, 0.15) is 0 Å².